The first kappa shape index (κ1) is 19.9. The minimum absolute atomic E-state index is 0.0820. The van der Waals surface area contributed by atoms with E-state index in [1.54, 1.807) is 18.2 Å². The van der Waals surface area contributed by atoms with Crippen LogP contribution in [-0.4, -0.2) is 40.1 Å². The number of carbonyl (C=O) groups is 2. The van der Waals surface area contributed by atoms with Gasteiger partial charge in [-0.25, -0.2) is 14.6 Å². The Labute approximate surface area is 175 Å². The first-order valence-electron chi connectivity index (χ1n) is 10.2. The molecule has 2 amide bonds. The molecule has 4 rings (SSSR count). The van der Waals surface area contributed by atoms with Gasteiger partial charge in [-0.1, -0.05) is 18.2 Å². The highest BCUT2D eigenvalue weighted by Crippen LogP contribution is 2.34. The molecule has 1 unspecified atom stereocenters. The number of hydrogen-bond acceptors (Lipinski definition) is 4. The molecular weight excluding hydrogens is 380 g/mol. The second-order valence-corrected chi connectivity index (χ2v) is 7.51. The molecule has 2 heterocycles. The van der Waals surface area contributed by atoms with Gasteiger partial charge in [0.2, 0.25) is 0 Å². The summed E-state index contributed by atoms with van der Waals surface area (Å²) in [5, 5.41) is 2.98. The largest absolute Gasteiger partial charge is 0.465 e. The summed E-state index contributed by atoms with van der Waals surface area (Å²) in [5.41, 5.74) is 3.93. The lowest BCUT2D eigenvalue weighted by Gasteiger charge is -2.25. The van der Waals surface area contributed by atoms with Crippen molar-refractivity contribution in [2.24, 2.45) is 0 Å². The van der Waals surface area contributed by atoms with Crippen molar-refractivity contribution >= 4 is 28.7 Å². The molecule has 30 heavy (non-hydrogen) atoms. The molecule has 7 heteroatoms. The highest BCUT2D eigenvalue weighted by Gasteiger charge is 2.33. The molecule has 1 saturated heterocycles. The Hall–Kier alpha value is -3.35. The standard InChI is InChI=1S/C23H26N4O3/c1-4-26-19-9-6-5-8-17(19)24-21(26)20-10-7-13-27(20)23(29)25-18-14-16(22(28)30-3)12-11-15(18)2/h5-6,8-9,11-12,14,20H,4,7,10,13H2,1-3H3,(H,25,29). The summed E-state index contributed by atoms with van der Waals surface area (Å²) in [6.45, 7) is 5.45. The van der Waals surface area contributed by atoms with Crippen LogP contribution < -0.4 is 5.32 Å². The van der Waals surface area contributed by atoms with E-state index in [1.807, 2.05) is 30.0 Å². The zero-order valence-electron chi connectivity index (χ0n) is 17.5. The lowest BCUT2D eigenvalue weighted by molar-refractivity contribution is 0.0600. The number of imidazole rings is 1. The Kier molecular flexibility index (Phi) is 5.44. The van der Waals surface area contributed by atoms with E-state index in [1.165, 1.54) is 7.11 Å². The Morgan fingerprint density at radius 1 is 1.23 bits per heavy atom. The van der Waals surface area contributed by atoms with Crippen molar-refractivity contribution in [2.45, 2.75) is 39.3 Å². The summed E-state index contributed by atoms with van der Waals surface area (Å²) < 4.78 is 6.98. The SMILES string of the molecule is CCn1c(C2CCCN2C(=O)Nc2cc(C(=O)OC)ccc2C)nc2ccccc21. The molecule has 1 aromatic heterocycles. The fourth-order valence-corrected chi connectivity index (χ4v) is 4.15. The van der Waals surface area contributed by atoms with E-state index in [0.29, 0.717) is 17.8 Å². The van der Waals surface area contributed by atoms with Gasteiger partial charge in [0, 0.05) is 18.8 Å². The fourth-order valence-electron chi connectivity index (χ4n) is 4.15. The Balaban J connectivity index is 1.62. The maximum Gasteiger partial charge on any atom is 0.337 e. The van der Waals surface area contributed by atoms with Crippen LogP contribution >= 0.6 is 0 Å². The highest BCUT2D eigenvalue weighted by molar-refractivity contribution is 5.95. The molecule has 0 radical (unpaired) electrons. The van der Waals surface area contributed by atoms with E-state index in [-0.39, 0.29) is 12.1 Å². The number of ether oxygens (including phenoxy) is 1. The van der Waals surface area contributed by atoms with Gasteiger partial charge in [0.25, 0.3) is 0 Å². The number of benzene rings is 2. The number of fused-ring (bicyclic) bond motifs is 1. The molecule has 1 fully saturated rings. The molecular formula is C23H26N4O3. The van der Waals surface area contributed by atoms with E-state index < -0.39 is 5.97 Å². The lowest BCUT2D eigenvalue weighted by Crippen LogP contribution is -2.35. The van der Waals surface area contributed by atoms with Crippen LogP contribution in [0.3, 0.4) is 0 Å². The van der Waals surface area contributed by atoms with E-state index in [0.717, 1.165) is 41.8 Å². The summed E-state index contributed by atoms with van der Waals surface area (Å²) in [5.74, 6) is 0.493. The first-order chi connectivity index (χ1) is 14.5. The van der Waals surface area contributed by atoms with Crippen LogP contribution in [0.2, 0.25) is 0 Å². The van der Waals surface area contributed by atoms with Crippen LogP contribution in [0, 0.1) is 6.92 Å². The second-order valence-electron chi connectivity index (χ2n) is 7.51. The average molecular weight is 406 g/mol. The van der Waals surface area contributed by atoms with Crippen molar-refractivity contribution in [3.05, 3.63) is 59.4 Å². The van der Waals surface area contributed by atoms with E-state index >= 15 is 0 Å². The van der Waals surface area contributed by atoms with Gasteiger partial charge in [-0.2, -0.15) is 0 Å². The van der Waals surface area contributed by atoms with Gasteiger partial charge in [-0.3, -0.25) is 0 Å². The molecule has 1 atom stereocenters. The minimum atomic E-state index is -0.429. The van der Waals surface area contributed by atoms with Crippen molar-refractivity contribution in [1.82, 2.24) is 14.5 Å². The molecule has 1 aliphatic heterocycles. The molecule has 1 aliphatic rings. The third-order valence-electron chi connectivity index (χ3n) is 5.71. The number of aromatic nitrogens is 2. The summed E-state index contributed by atoms with van der Waals surface area (Å²) in [6.07, 6.45) is 1.80. The Morgan fingerprint density at radius 2 is 2.03 bits per heavy atom. The smallest absolute Gasteiger partial charge is 0.337 e. The third-order valence-corrected chi connectivity index (χ3v) is 5.71. The van der Waals surface area contributed by atoms with Gasteiger partial charge >= 0.3 is 12.0 Å². The van der Waals surface area contributed by atoms with E-state index in [2.05, 4.69) is 22.9 Å². The number of hydrogen-bond donors (Lipinski definition) is 1. The molecule has 0 bridgehead atoms. The lowest BCUT2D eigenvalue weighted by atomic mass is 10.1. The maximum absolute atomic E-state index is 13.2. The van der Waals surface area contributed by atoms with Gasteiger partial charge < -0.3 is 19.5 Å². The maximum atomic E-state index is 13.2. The normalized spacial score (nSPS) is 16.1. The number of para-hydroxylation sites is 2. The van der Waals surface area contributed by atoms with Crippen LogP contribution in [0.25, 0.3) is 11.0 Å². The zero-order valence-corrected chi connectivity index (χ0v) is 17.5. The summed E-state index contributed by atoms with van der Waals surface area (Å²) >= 11 is 0. The molecule has 0 saturated carbocycles. The van der Waals surface area contributed by atoms with E-state index in [4.69, 9.17) is 9.72 Å². The summed E-state index contributed by atoms with van der Waals surface area (Å²) in [7, 11) is 1.34. The Bertz CT molecular complexity index is 1110. The number of aryl methyl sites for hydroxylation is 2. The number of esters is 1. The van der Waals surface area contributed by atoms with Gasteiger partial charge in [-0.15, -0.1) is 0 Å². The molecule has 0 spiro atoms. The molecule has 156 valence electrons. The number of methoxy groups -OCH3 is 1. The molecule has 0 aliphatic carbocycles. The molecule has 3 aromatic rings. The number of amides is 2. The number of nitrogens with zero attached hydrogens (tertiary/aromatic N) is 3. The van der Waals surface area contributed by atoms with Crippen molar-refractivity contribution in [1.29, 1.82) is 0 Å². The highest BCUT2D eigenvalue weighted by atomic mass is 16.5. The first-order valence-corrected chi connectivity index (χ1v) is 10.2. The predicted molar refractivity (Wildman–Crippen MR) is 116 cm³/mol. The van der Waals surface area contributed by atoms with Crippen LogP contribution in [0.5, 0.6) is 0 Å². The van der Waals surface area contributed by atoms with Gasteiger partial charge in [0.05, 0.1) is 29.7 Å². The average Bonchev–Trinajstić information content (AvgIpc) is 3.38. The Morgan fingerprint density at radius 3 is 2.80 bits per heavy atom. The quantitative estimate of drug-likeness (QED) is 0.646. The molecule has 2 aromatic carbocycles. The predicted octanol–water partition coefficient (Wildman–Crippen LogP) is 4.52. The van der Waals surface area contributed by atoms with Gasteiger partial charge in [0.1, 0.15) is 5.82 Å². The van der Waals surface area contributed by atoms with Crippen molar-refractivity contribution < 1.29 is 14.3 Å². The summed E-state index contributed by atoms with van der Waals surface area (Å²) in [6, 6.07) is 13.0. The number of urea groups is 1. The van der Waals surface area contributed by atoms with E-state index in [9.17, 15) is 9.59 Å². The van der Waals surface area contributed by atoms with Gasteiger partial charge in [0.15, 0.2) is 0 Å². The van der Waals surface area contributed by atoms with Crippen molar-refractivity contribution in [2.75, 3.05) is 19.0 Å². The second kappa shape index (κ2) is 8.18. The van der Waals surface area contributed by atoms with Crippen molar-refractivity contribution in [3.63, 3.8) is 0 Å². The number of rotatable bonds is 4. The number of nitrogens with one attached hydrogen (secondary N) is 1. The van der Waals surface area contributed by atoms with Gasteiger partial charge in [-0.05, 0) is 56.5 Å². The number of anilines is 1. The number of carbonyl (C=O) groups excluding carboxylic acids is 2. The van der Waals surface area contributed by atoms with Crippen LogP contribution in [0.15, 0.2) is 42.5 Å². The molecule has 1 N–H and O–H groups in total. The summed E-state index contributed by atoms with van der Waals surface area (Å²) in [4.78, 5) is 31.7. The number of likely N-dealkylation sites (tertiary alicyclic amines) is 1. The van der Waals surface area contributed by atoms with Crippen LogP contribution in [0.1, 0.15) is 47.6 Å². The minimum Gasteiger partial charge on any atom is -0.465 e. The monoisotopic (exact) mass is 406 g/mol. The van der Waals surface area contributed by atoms with Crippen molar-refractivity contribution in [3.8, 4) is 0 Å². The van der Waals surface area contributed by atoms with Crippen LogP contribution in [0.4, 0.5) is 10.5 Å². The van der Waals surface area contributed by atoms with Crippen LogP contribution in [-0.2, 0) is 11.3 Å². The fraction of sp³-hybridized carbons (Fsp3) is 0.348. The topological polar surface area (TPSA) is 76.5 Å². The molecule has 7 nitrogen and oxygen atoms in total. The third kappa shape index (κ3) is 3.51. The zero-order chi connectivity index (χ0) is 21.3.